The molecule has 0 aromatic heterocycles. The largest absolute Gasteiger partial charge is 0.493 e. The van der Waals surface area contributed by atoms with Crippen LogP contribution in [-0.2, 0) is 11.2 Å². The molecule has 126 valence electrons. The average molecular weight is 333 g/mol. The Labute approximate surface area is 138 Å². The van der Waals surface area contributed by atoms with Gasteiger partial charge in [-0.3, -0.25) is 4.79 Å². The Morgan fingerprint density at radius 1 is 1.21 bits per heavy atom. The molecule has 4 nitrogen and oxygen atoms in total. The number of ether oxygens (including phenoxy) is 2. The zero-order valence-electron chi connectivity index (χ0n) is 13.1. The van der Waals surface area contributed by atoms with Crippen LogP contribution in [0.3, 0.4) is 0 Å². The number of nitrogens with one attached hydrogen (secondary N) is 1. The predicted octanol–water partition coefficient (Wildman–Crippen LogP) is 3.72. The van der Waals surface area contributed by atoms with Crippen molar-refractivity contribution in [2.75, 3.05) is 19.0 Å². The van der Waals surface area contributed by atoms with Gasteiger partial charge in [0, 0.05) is 6.07 Å². The van der Waals surface area contributed by atoms with Crippen molar-refractivity contribution in [3.05, 3.63) is 66.3 Å². The number of benzene rings is 2. The van der Waals surface area contributed by atoms with Crippen molar-refractivity contribution in [3.8, 4) is 11.5 Å². The molecule has 0 heterocycles. The summed E-state index contributed by atoms with van der Waals surface area (Å²) >= 11 is 0. The maximum atomic E-state index is 13.5. The summed E-state index contributed by atoms with van der Waals surface area (Å²) in [6.45, 7) is 3.33. The van der Waals surface area contributed by atoms with Gasteiger partial charge >= 0.3 is 0 Å². The van der Waals surface area contributed by atoms with E-state index in [0.717, 1.165) is 17.7 Å². The Hall–Kier alpha value is -2.89. The highest BCUT2D eigenvalue weighted by molar-refractivity contribution is 5.92. The van der Waals surface area contributed by atoms with E-state index >= 15 is 0 Å². The van der Waals surface area contributed by atoms with E-state index in [-0.39, 0.29) is 12.3 Å². The molecule has 0 aliphatic carbocycles. The zero-order chi connectivity index (χ0) is 17.5. The summed E-state index contributed by atoms with van der Waals surface area (Å²) in [5.74, 6) is -1.27. The lowest BCUT2D eigenvalue weighted by Gasteiger charge is -2.12. The molecule has 1 amide bonds. The van der Waals surface area contributed by atoms with E-state index < -0.39 is 17.5 Å². The maximum Gasteiger partial charge on any atom is 0.262 e. The number of methoxy groups -OCH3 is 1. The average Bonchev–Trinajstić information content (AvgIpc) is 2.56. The molecule has 0 unspecified atom stereocenters. The molecular formula is C18H17F2NO3. The minimum atomic E-state index is -0.852. The fraction of sp³-hybridized carbons (Fsp3) is 0.167. The van der Waals surface area contributed by atoms with Crippen LogP contribution >= 0.6 is 0 Å². The Morgan fingerprint density at radius 2 is 2.00 bits per heavy atom. The number of allylic oxidation sites excluding steroid dienone is 1. The van der Waals surface area contributed by atoms with E-state index in [2.05, 4.69) is 11.9 Å². The standard InChI is InChI=1S/C18H17F2NO3/c1-3-4-12-5-8-16(17(9-12)23-2)24-11-18(22)21-15-7-6-13(19)10-14(15)20/h3,5-10H,1,4,11H2,2H3,(H,21,22). The number of anilines is 1. The zero-order valence-corrected chi connectivity index (χ0v) is 13.1. The molecule has 0 aliphatic heterocycles. The Kier molecular flexibility index (Phi) is 5.89. The number of carbonyl (C=O) groups is 1. The number of halogens is 2. The molecule has 2 aromatic rings. The lowest BCUT2D eigenvalue weighted by atomic mass is 10.1. The Balaban J connectivity index is 1.99. The normalized spacial score (nSPS) is 10.1. The van der Waals surface area contributed by atoms with Gasteiger partial charge in [0.25, 0.3) is 5.91 Å². The van der Waals surface area contributed by atoms with Crippen LogP contribution in [0, 0.1) is 11.6 Å². The summed E-state index contributed by atoms with van der Waals surface area (Å²) in [5.41, 5.74) is 0.880. The number of hydrogen-bond acceptors (Lipinski definition) is 3. The van der Waals surface area contributed by atoms with Gasteiger partial charge in [-0.1, -0.05) is 12.1 Å². The highest BCUT2D eigenvalue weighted by Gasteiger charge is 2.11. The van der Waals surface area contributed by atoms with E-state index in [4.69, 9.17) is 9.47 Å². The van der Waals surface area contributed by atoms with Crippen LogP contribution in [0.1, 0.15) is 5.56 Å². The molecule has 6 heteroatoms. The Bertz CT molecular complexity index is 747. The van der Waals surface area contributed by atoms with Crippen molar-refractivity contribution in [2.45, 2.75) is 6.42 Å². The first-order valence-corrected chi connectivity index (χ1v) is 7.19. The summed E-state index contributed by atoms with van der Waals surface area (Å²) in [5, 5.41) is 2.32. The van der Waals surface area contributed by atoms with Gasteiger partial charge in [-0.2, -0.15) is 0 Å². The molecule has 0 fully saturated rings. The van der Waals surface area contributed by atoms with Gasteiger partial charge in [0.05, 0.1) is 12.8 Å². The van der Waals surface area contributed by atoms with Crippen LogP contribution in [0.4, 0.5) is 14.5 Å². The topological polar surface area (TPSA) is 47.6 Å². The van der Waals surface area contributed by atoms with Gasteiger partial charge in [0.1, 0.15) is 11.6 Å². The summed E-state index contributed by atoms with van der Waals surface area (Å²) in [7, 11) is 1.49. The van der Waals surface area contributed by atoms with Gasteiger partial charge < -0.3 is 14.8 Å². The van der Waals surface area contributed by atoms with E-state index in [1.54, 1.807) is 18.2 Å². The maximum absolute atomic E-state index is 13.5. The van der Waals surface area contributed by atoms with Crippen molar-refractivity contribution in [2.24, 2.45) is 0 Å². The monoisotopic (exact) mass is 333 g/mol. The second-order valence-corrected chi connectivity index (χ2v) is 4.94. The number of carbonyl (C=O) groups excluding carboxylic acids is 1. The van der Waals surface area contributed by atoms with Gasteiger partial charge in [0.2, 0.25) is 0 Å². The van der Waals surface area contributed by atoms with Crippen molar-refractivity contribution >= 4 is 11.6 Å². The third-order valence-corrected chi connectivity index (χ3v) is 3.17. The molecule has 0 aliphatic rings. The summed E-state index contributed by atoms with van der Waals surface area (Å²) < 4.78 is 36.9. The van der Waals surface area contributed by atoms with Crippen molar-refractivity contribution < 1.29 is 23.0 Å². The molecule has 0 saturated carbocycles. The van der Waals surface area contributed by atoms with E-state index in [0.29, 0.717) is 24.0 Å². The van der Waals surface area contributed by atoms with Crippen LogP contribution in [0.15, 0.2) is 49.1 Å². The quantitative estimate of drug-likeness (QED) is 0.786. The first kappa shape index (κ1) is 17.5. The SMILES string of the molecule is C=CCc1ccc(OCC(=O)Nc2ccc(F)cc2F)c(OC)c1. The van der Waals surface area contributed by atoms with Crippen molar-refractivity contribution in [1.82, 2.24) is 0 Å². The first-order valence-electron chi connectivity index (χ1n) is 7.19. The minimum Gasteiger partial charge on any atom is -0.493 e. The second-order valence-electron chi connectivity index (χ2n) is 4.94. The van der Waals surface area contributed by atoms with E-state index in [1.165, 1.54) is 7.11 Å². The van der Waals surface area contributed by atoms with Crippen LogP contribution < -0.4 is 14.8 Å². The molecule has 0 saturated heterocycles. The third-order valence-electron chi connectivity index (χ3n) is 3.17. The Morgan fingerprint density at radius 3 is 2.67 bits per heavy atom. The molecular weight excluding hydrogens is 316 g/mol. The molecule has 2 rings (SSSR count). The van der Waals surface area contributed by atoms with E-state index in [9.17, 15) is 13.6 Å². The first-order chi connectivity index (χ1) is 11.5. The molecule has 0 spiro atoms. The molecule has 0 atom stereocenters. The highest BCUT2D eigenvalue weighted by Crippen LogP contribution is 2.28. The van der Waals surface area contributed by atoms with Crippen molar-refractivity contribution in [1.29, 1.82) is 0 Å². The fourth-order valence-electron chi connectivity index (χ4n) is 2.05. The van der Waals surface area contributed by atoms with Crippen LogP contribution in [-0.4, -0.2) is 19.6 Å². The van der Waals surface area contributed by atoms with Crippen LogP contribution in [0.2, 0.25) is 0 Å². The molecule has 24 heavy (non-hydrogen) atoms. The lowest BCUT2D eigenvalue weighted by molar-refractivity contribution is -0.118. The smallest absolute Gasteiger partial charge is 0.262 e. The second kappa shape index (κ2) is 8.10. The fourth-order valence-corrected chi connectivity index (χ4v) is 2.05. The number of hydrogen-bond donors (Lipinski definition) is 1. The van der Waals surface area contributed by atoms with Gasteiger partial charge in [-0.15, -0.1) is 6.58 Å². The summed E-state index contributed by atoms with van der Waals surface area (Å²) in [6, 6.07) is 8.20. The van der Waals surface area contributed by atoms with Crippen molar-refractivity contribution in [3.63, 3.8) is 0 Å². The molecule has 0 bridgehead atoms. The number of rotatable bonds is 7. The lowest BCUT2D eigenvalue weighted by Crippen LogP contribution is -2.21. The summed E-state index contributed by atoms with van der Waals surface area (Å²) in [4.78, 5) is 11.8. The summed E-state index contributed by atoms with van der Waals surface area (Å²) in [6.07, 6.45) is 2.45. The highest BCUT2D eigenvalue weighted by atomic mass is 19.1. The molecule has 1 N–H and O–H groups in total. The van der Waals surface area contributed by atoms with E-state index in [1.807, 2.05) is 6.07 Å². The predicted molar refractivity (Wildman–Crippen MR) is 87.4 cm³/mol. The van der Waals surface area contributed by atoms with Gasteiger partial charge in [-0.05, 0) is 36.2 Å². The number of amides is 1. The third kappa shape index (κ3) is 4.55. The minimum absolute atomic E-state index is 0.113. The molecule has 0 radical (unpaired) electrons. The van der Waals surface area contributed by atoms with Crippen LogP contribution in [0.25, 0.3) is 0 Å². The van der Waals surface area contributed by atoms with Crippen LogP contribution in [0.5, 0.6) is 11.5 Å². The van der Waals surface area contributed by atoms with Gasteiger partial charge in [-0.25, -0.2) is 8.78 Å². The molecule has 2 aromatic carbocycles. The van der Waals surface area contributed by atoms with Gasteiger partial charge in [0.15, 0.2) is 18.1 Å².